The van der Waals surface area contributed by atoms with Gasteiger partial charge in [0.2, 0.25) is 0 Å². The fourth-order valence-corrected chi connectivity index (χ4v) is 7.77. The lowest BCUT2D eigenvalue weighted by molar-refractivity contribution is -0.174. The summed E-state index contributed by atoms with van der Waals surface area (Å²) < 4.78 is 0. The molecule has 2 N–H and O–H groups in total. The van der Waals surface area contributed by atoms with E-state index in [1.165, 1.54) is 29.3 Å². The number of phenols is 1. The van der Waals surface area contributed by atoms with E-state index in [9.17, 15) is 15.0 Å². The Morgan fingerprint density at radius 1 is 0.812 bits per heavy atom. The monoisotopic (exact) mass is 654 g/mol. The minimum Gasteiger partial charge on any atom is -0.510 e. The van der Waals surface area contributed by atoms with Crippen LogP contribution in [0.15, 0.2) is 93.8 Å². The Bertz CT molecular complexity index is 1590. The zero-order valence-corrected chi connectivity index (χ0v) is 31.0. The second kappa shape index (κ2) is 15.7. The number of hydrogen-bond donors (Lipinski definition) is 2. The summed E-state index contributed by atoms with van der Waals surface area (Å²) in [4.78, 5) is 45.0. The number of carbonyl (C=O) groups is 3. The third kappa shape index (κ3) is 7.77. The Balaban J connectivity index is 2.41. The summed E-state index contributed by atoms with van der Waals surface area (Å²) in [5, 5.41) is 22.5. The summed E-state index contributed by atoms with van der Waals surface area (Å²) in [6.45, 7) is 20.3. The molecule has 2 aliphatic rings. The molecule has 0 aliphatic heterocycles. The van der Waals surface area contributed by atoms with Crippen LogP contribution in [0.25, 0.3) is 0 Å². The number of benzene rings is 1. The molecule has 48 heavy (non-hydrogen) atoms. The first-order chi connectivity index (χ1) is 22.4. The number of rotatable bonds is 14. The Kier molecular flexibility index (Phi) is 12.6. The van der Waals surface area contributed by atoms with Crippen molar-refractivity contribution in [1.82, 2.24) is 0 Å². The molecule has 4 atom stereocenters. The van der Waals surface area contributed by atoms with Gasteiger partial charge in [-0.05, 0) is 137 Å². The molecule has 0 radical (unpaired) electrons. The van der Waals surface area contributed by atoms with E-state index in [-0.39, 0.29) is 41.4 Å². The number of aromatic hydroxyl groups is 1. The zero-order valence-electron chi connectivity index (χ0n) is 31.0. The van der Waals surface area contributed by atoms with Gasteiger partial charge in [-0.3, -0.25) is 14.4 Å². The Hall–Kier alpha value is -3.73. The van der Waals surface area contributed by atoms with E-state index < -0.39 is 33.6 Å². The molecular formula is C43H58O5. The van der Waals surface area contributed by atoms with Crippen molar-refractivity contribution in [3.63, 3.8) is 0 Å². The fourth-order valence-electron chi connectivity index (χ4n) is 7.77. The molecule has 0 spiro atoms. The van der Waals surface area contributed by atoms with Gasteiger partial charge in [-0.15, -0.1) is 0 Å². The van der Waals surface area contributed by atoms with E-state index in [1.807, 2.05) is 53.7 Å². The molecule has 0 amide bonds. The molecule has 1 fully saturated rings. The molecule has 2 aliphatic carbocycles. The summed E-state index contributed by atoms with van der Waals surface area (Å²) in [6, 6.07) is 5.85. The molecule has 0 heterocycles. The van der Waals surface area contributed by atoms with Crippen LogP contribution in [-0.4, -0.2) is 27.6 Å². The number of hydrogen-bond acceptors (Lipinski definition) is 5. The highest BCUT2D eigenvalue weighted by Crippen LogP contribution is 2.68. The fraction of sp³-hybridized carbons (Fsp3) is 0.512. The average Bonchev–Trinajstić information content (AvgIpc) is 2.99. The molecule has 0 unspecified atom stereocenters. The van der Waals surface area contributed by atoms with Crippen molar-refractivity contribution in [1.29, 1.82) is 0 Å². The van der Waals surface area contributed by atoms with Gasteiger partial charge in [0.05, 0.1) is 5.41 Å². The number of ketones is 3. The SMILES string of the molecule is CC(C)=CCC/C(C)=C/C[C@@H]1C[C@]2(CC=C(C)C)C(=O)[C@@](CC=C(C)C)(C(=O)C(C(=O)c3cccc(O)c3)=C2O)[C@@]1(C)CCC=C(C)C. The van der Waals surface area contributed by atoms with Crippen molar-refractivity contribution in [2.75, 3.05) is 0 Å². The maximum Gasteiger partial charge on any atom is 0.200 e. The number of allylic oxidation sites excluding steroid dienone is 12. The van der Waals surface area contributed by atoms with E-state index >= 15 is 9.59 Å². The van der Waals surface area contributed by atoms with Gasteiger partial charge < -0.3 is 10.2 Å². The highest BCUT2D eigenvalue weighted by Gasteiger charge is 2.73. The van der Waals surface area contributed by atoms with Crippen LogP contribution < -0.4 is 0 Å². The molecule has 1 aromatic carbocycles. The number of carbonyl (C=O) groups excluding carboxylic acids is 3. The number of fused-ring (bicyclic) bond motifs is 2. The van der Waals surface area contributed by atoms with Crippen LogP contribution in [0.1, 0.15) is 131 Å². The molecule has 5 nitrogen and oxygen atoms in total. The van der Waals surface area contributed by atoms with Gasteiger partial charge in [-0.2, -0.15) is 0 Å². The van der Waals surface area contributed by atoms with E-state index in [0.29, 0.717) is 25.7 Å². The highest BCUT2D eigenvalue weighted by atomic mass is 16.3. The molecule has 0 aromatic heterocycles. The van der Waals surface area contributed by atoms with E-state index in [0.717, 1.165) is 29.6 Å². The van der Waals surface area contributed by atoms with Crippen LogP contribution in [0.3, 0.4) is 0 Å². The molecule has 3 rings (SSSR count). The third-order valence-corrected chi connectivity index (χ3v) is 10.7. The predicted octanol–water partition coefficient (Wildman–Crippen LogP) is 11.1. The molecule has 1 saturated carbocycles. The standard InChI is InChI=1S/C43H58O5/c1-28(2)14-11-16-32(9)19-20-34-27-42(24-21-30(5)6)38(46)36(37(45)33-17-12-18-35(44)26-33)39(47)43(40(42)48,25-22-31(7)8)41(34,10)23-13-15-29(3)4/h12,14-15,17-19,21-22,26,34,44,46H,11,13,16,20,23-25,27H2,1-10H3/b32-19+/t34-,41+,42+,43-/m1/s1. The second-order valence-electron chi connectivity index (χ2n) is 15.5. The van der Waals surface area contributed by atoms with Crippen LogP contribution in [0.2, 0.25) is 0 Å². The van der Waals surface area contributed by atoms with Crippen molar-refractivity contribution in [2.24, 2.45) is 22.2 Å². The predicted molar refractivity (Wildman–Crippen MR) is 197 cm³/mol. The maximum atomic E-state index is 15.4. The van der Waals surface area contributed by atoms with Crippen molar-refractivity contribution >= 4 is 17.3 Å². The van der Waals surface area contributed by atoms with Crippen LogP contribution in [0.4, 0.5) is 0 Å². The van der Waals surface area contributed by atoms with Crippen LogP contribution in [0, 0.1) is 22.2 Å². The summed E-state index contributed by atoms with van der Waals surface area (Å²) in [5.41, 5.74) is 1.62. The van der Waals surface area contributed by atoms with Crippen LogP contribution in [0.5, 0.6) is 5.75 Å². The van der Waals surface area contributed by atoms with Gasteiger partial charge in [0, 0.05) is 5.56 Å². The molecular weight excluding hydrogens is 596 g/mol. The number of Topliss-reactive ketones (excluding diaryl/α,β-unsaturated/α-hetero) is 3. The Labute approximate surface area is 289 Å². The summed E-state index contributed by atoms with van der Waals surface area (Å²) in [6.07, 6.45) is 15.0. The second-order valence-corrected chi connectivity index (χ2v) is 15.5. The first-order valence-corrected chi connectivity index (χ1v) is 17.5. The first-order valence-electron chi connectivity index (χ1n) is 17.5. The van der Waals surface area contributed by atoms with Gasteiger partial charge >= 0.3 is 0 Å². The largest absolute Gasteiger partial charge is 0.510 e. The lowest BCUT2D eigenvalue weighted by Gasteiger charge is -2.61. The van der Waals surface area contributed by atoms with E-state index in [2.05, 4.69) is 45.9 Å². The maximum absolute atomic E-state index is 15.4. The van der Waals surface area contributed by atoms with Crippen LogP contribution >= 0.6 is 0 Å². The lowest BCUT2D eigenvalue weighted by Crippen LogP contribution is -2.67. The number of aliphatic hydroxyl groups is 1. The quantitative estimate of drug-likeness (QED) is 0.0901. The summed E-state index contributed by atoms with van der Waals surface area (Å²) >= 11 is 0. The molecule has 1 aromatic rings. The topological polar surface area (TPSA) is 91.7 Å². The first kappa shape index (κ1) is 38.7. The molecule has 260 valence electrons. The number of aliphatic hydroxyl groups excluding tert-OH is 1. The van der Waals surface area contributed by atoms with Gasteiger partial charge in [0.15, 0.2) is 17.3 Å². The van der Waals surface area contributed by atoms with E-state index in [1.54, 1.807) is 6.07 Å². The van der Waals surface area contributed by atoms with Gasteiger partial charge in [0.1, 0.15) is 22.5 Å². The molecule has 0 saturated heterocycles. The van der Waals surface area contributed by atoms with Crippen molar-refractivity contribution in [3.8, 4) is 5.75 Å². The normalized spacial score (nSPS) is 25.4. The Morgan fingerprint density at radius 3 is 1.98 bits per heavy atom. The van der Waals surface area contributed by atoms with Crippen LogP contribution in [-0.2, 0) is 9.59 Å². The minimum atomic E-state index is -1.57. The third-order valence-electron chi connectivity index (χ3n) is 10.7. The van der Waals surface area contributed by atoms with E-state index in [4.69, 9.17) is 0 Å². The van der Waals surface area contributed by atoms with Crippen molar-refractivity contribution < 1.29 is 24.6 Å². The summed E-state index contributed by atoms with van der Waals surface area (Å²) in [5.74, 6) is -2.20. The molecule has 2 bridgehead atoms. The Morgan fingerprint density at radius 2 is 1.40 bits per heavy atom. The zero-order chi connectivity index (χ0) is 36.0. The lowest BCUT2D eigenvalue weighted by atomic mass is 9.38. The highest BCUT2D eigenvalue weighted by molar-refractivity contribution is 6.35. The summed E-state index contributed by atoms with van der Waals surface area (Å²) in [7, 11) is 0. The smallest absolute Gasteiger partial charge is 0.200 e. The van der Waals surface area contributed by atoms with Crippen molar-refractivity contribution in [2.45, 2.75) is 121 Å². The van der Waals surface area contributed by atoms with Crippen molar-refractivity contribution in [3.05, 3.63) is 99.4 Å². The number of phenolic OH excluding ortho intramolecular Hbond substituents is 1. The van der Waals surface area contributed by atoms with Gasteiger partial charge in [-0.1, -0.05) is 77.3 Å². The molecule has 5 heteroatoms. The minimum absolute atomic E-state index is 0.102. The van der Waals surface area contributed by atoms with Gasteiger partial charge in [0.25, 0.3) is 0 Å². The average molecular weight is 655 g/mol. The van der Waals surface area contributed by atoms with Gasteiger partial charge in [-0.25, -0.2) is 0 Å².